The molecule has 0 aliphatic rings. The van der Waals surface area contributed by atoms with E-state index in [9.17, 15) is 0 Å². The van der Waals surface area contributed by atoms with Crippen LogP contribution in [0.15, 0.2) is 41.0 Å². The van der Waals surface area contributed by atoms with Crippen molar-refractivity contribution < 1.29 is 9.15 Å². The molecule has 20 heavy (non-hydrogen) atoms. The van der Waals surface area contributed by atoms with Crippen LogP contribution in [0.1, 0.15) is 16.9 Å². The summed E-state index contributed by atoms with van der Waals surface area (Å²) >= 11 is 0. The van der Waals surface area contributed by atoms with Crippen LogP contribution in [-0.2, 0) is 19.6 Å². The average Bonchev–Trinajstić information content (AvgIpc) is 2.86. The summed E-state index contributed by atoms with van der Waals surface area (Å²) in [6.45, 7) is 2.48. The van der Waals surface area contributed by atoms with Crippen molar-refractivity contribution in [1.29, 1.82) is 0 Å². The topological polar surface area (TPSA) is 37.6 Å². The summed E-state index contributed by atoms with van der Waals surface area (Å²) < 4.78 is 10.8. The number of nitrogens with zero attached hydrogens (tertiary/aromatic N) is 1. The minimum absolute atomic E-state index is 0.793. The lowest BCUT2D eigenvalue weighted by molar-refractivity contribution is 0.285. The van der Waals surface area contributed by atoms with Crippen molar-refractivity contribution in [2.45, 2.75) is 19.6 Å². The second kappa shape index (κ2) is 7.12. The standard InChI is InChI=1S/C16H22N2O2/c1-17-10-14-7-8-20-16(14)12-18(2)11-13-5-4-6-15(9-13)19-3/h4-9,17H,10-12H2,1-3H3. The molecule has 1 aromatic heterocycles. The number of hydrogen-bond donors (Lipinski definition) is 1. The van der Waals surface area contributed by atoms with E-state index in [1.807, 2.05) is 25.2 Å². The molecule has 0 aliphatic heterocycles. The van der Waals surface area contributed by atoms with Gasteiger partial charge in [-0.05, 0) is 37.9 Å². The van der Waals surface area contributed by atoms with E-state index in [1.54, 1.807) is 13.4 Å². The van der Waals surface area contributed by atoms with Gasteiger partial charge in [-0.1, -0.05) is 12.1 Å². The third-order valence-electron chi connectivity index (χ3n) is 3.21. The van der Waals surface area contributed by atoms with Crippen LogP contribution in [0, 0.1) is 0 Å². The summed E-state index contributed by atoms with van der Waals surface area (Å²) in [7, 11) is 5.72. The first-order chi connectivity index (χ1) is 9.72. The predicted octanol–water partition coefficient (Wildman–Crippen LogP) is 2.64. The van der Waals surface area contributed by atoms with E-state index in [-0.39, 0.29) is 0 Å². The normalized spacial score (nSPS) is 11.0. The van der Waals surface area contributed by atoms with Gasteiger partial charge >= 0.3 is 0 Å². The average molecular weight is 274 g/mol. The Labute approximate surface area is 120 Å². The van der Waals surface area contributed by atoms with Crippen LogP contribution in [0.5, 0.6) is 5.75 Å². The molecule has 2 aromatic rings. The second-order valence-corrected chi connectivity index (χ2v) is 4.92. The van der Waals surface area contributed by atoms with Crippen LogP contribution in [0.4, 0.5) is 0 Å². The molecule has 108 valence electrons. The van der Waals surface area contributed by atoms with Gasteiger partial charge in [0.25, 0.3) is 0 Å². The smallest absolute Gasteiger partial charge is 0.122 e. The van der Waals surface area contributed by atoms with Gasteiger partial charge in [-0.15, -0.1) is 0 Å². The van der Waals surface area contributed by atoms with Crippen LogP contribution in [0.2, 0.25) is 0 Å². The third-order valence-corrected chi connectivity index (χ3v) is 3.21. The van der Waals surface area contributed by atoms with E-state index >= 15 is 0 Å². The minimum Gasteiger partial charge on any atom is -0.497 e. The molecule has 4 nitrogen and oxygen atoms in total. The summed E-state index contributed by atoms with van der Waals surface area (Å²) in [5, 5.41) is 3.15. The Kier molecular flexibility index (Phi) is 5.21. The molecule has 0 spiro atoms. The summed E-state index contributed by atoms with van der Waals surface area (Å²) in [6.07, 6.45) is 1.75. The molecule has 0 radical (unpaired) electrons. The van der Waals surface area contributed by atoms with Crippen LogP contribution in [0.3, 0.4) is 0 Å². The molecule has 0 saturated carbocycles. The lowest BCUT2D eigenvalue weighted by Crippen LogP contribution is -2.18. The Morgan fingerprint density at radius 2 is 2.10 bits per heavy atom. The number of ether oxygens (including phenoxy) is 1. The van der Waals surface area contributed by atoms with Gasteiger partial charge in [0, 0.05) is 18.7 Å². The molecule has 4 heteroatoms. The van der Waals surface area contributed by atoms with Gasteiger partial charge < -0.3 is 14.5 Å². The van der Waals surface area contributed by atoms with E-state index in [0.29, 0.717) is 0 Å². The molecule has 1 heterocycles. The predicted molar refractivity (Wildman–Crippen MR) is 79.6 cm³/mol. The van der Waals surface area contributed by atoms with Crippen molar-refractivity contribution in [2.24, 2.45) is 0 Å². The monoisotopic (exact) mass is 274 g/mol. The number of rotatable bonds is 7. The van der Waals surface area contributed by atoms with Crippen LogP contribution in [0.25, 0.3) is 0 Å². The zero-order chi connectivity index (χ0) is 14.4. The lowest BCUT2D eigenvalue weighted by Gasteiger charge is -2.16. The van der Waals surface area contributed by atoms with Crippen LogP contribution in [-0.4, -0.2) is 26.1 Å². The van der Waals surface area contributed by atoms with E-state index in [1.165, 1.54) is 11.1 Å². The van der Waals surface area contributed by atoms with Gasteiger partial charge in [0.2, 0.25) is 0 Å². The van der Waals surface area contributed by atoms with Crippen molar-refractivity contribution in [2.75, 3.05) is 21.2 Å². The Morgan fingerprint density at radius 1 is 1.25 bits per heavy atom. The molecule has 0 saturated heterocycles. The van der Waals surface area contributed by atoms with Crippen LogP contribution >= 0.6 is 0 Å². The van der Waals surface area contributed by atoms with Gasteiger partial charge in [-0.2, -0.15) is 0 Å². The van der Waals surface area contributed by atoms with E-state index in [0.717, 1.165) is 31.1 Å². The fourth-order valence-electron chi connectivity index (χ4n) is 2.24. The van der Waals surface area contributed by atoms with Gasteiger partial charge in [0.1, 0.15) is 11.5 Å². The van der Waals surface area contributed by atoms with E-state index < -0.39 is 0 Å². The molecule has 0 unspecified atom stereocenters. The maximum atomic E-state index is 5.56. The van der Waals surface area contributed by atoms with Crippen molar-refractivity contribution in [3.63, 3.8) is 0 Å². The SMILES string of the molecule is CNCc1ccoc1CN(C)Cc1cccc(OC)c1. The second-order valence-electron chi connectivity index (χ2n) is 4.92. The summed E-state index contributed by atoms with van der Waals surface area (Å²) in [5.74, 6) is 1.91. The zero-order valence-corrected chi connectivity index (χ0v) is 12.3. The first-order valence-electron chi connectivity index (χ1n) is 6.74. The quantitative estimate of drug-likeness (QED) is 0.842. The fraction of sp³-hybridized carbons (Fsp3) is 0.375. The molecule has 1 aromatic carbocycles. The highest BCUT2D eigenvalue weighted by Gasteiger charge is 2.09. The molecule has 0 amide bonds. The van der Waals surface area contributed by atoms with Crippen LogP contribution < -0.4 is 10.1 Å². The number of hydrogen-bond acceptors (Lipinski definition) is 4. The van der Waals surface area contributed by atoms with Crippen molar-refractivity contribution in [3.8, 4) is 5.75 Å². The molecular formula is C16H22N2O2. The molecule has 0 atom stereocenters. The van der Waals surface area contributed by atoms with Gasteiger partial charge in [0.15, 0.2) is 0 Å². The highest BCUT2D eigenvalue weighted by Crippen LogP contribution is 2.17. The maximum Gasteiger partial charge on any atom is 0.122 e. The van der Waals surface area contributed by atoms with Gasteiger partial charge in [-0.25, -0.2) is 0 Å². The van der Waals surface area contributed by atoms with Crippen molar-refractivity contribution in [3.05, 3.63) is 53.5 Å². The zero-order valence-electron chi connectivity index (χ0n) is 12.3. The molecule has 0 fully saturated rings. The Hall–Kier alpha value is -1.78. The molecule has 0 aliphatic carbocycles. The Morgan fingerprint density at radius 3 is 2.85 bits per heavy atom. The van der Waals surface area contributed by atoms with E-state index in [2.05, 4.69) is 29.4 Å². The number of furan rings is 1. The molecule has 0 bridgehead atoms. The van der Waals surface area contributed by atoms with Gasteiger partial charge in [-0.3, -0.25) is 4.90 Å². The summed E-state index contributed by atoms with van der Waals surface area (Å²) in [5.41, 5.74) is 2.44. The Bertz CT molecular complexity index is 537. The van der Waals surface area contributed by atoms with Crippen molar-refractivity contribution >= 4 is 0 Å². The molecule has 2 rings (SSSR count). The highest BCUT2D eigenvalue weighted by atomic mass is 16.5. The molecule has 1 N–H and O–H groups in total. The summed E-state index contributed by atoms with van der Waals surface area (Å²) in [4.78, 5) is 2.23. The minimum atomic E-state index is 0.793. The highest BCUT2D eigenvalue weighted by molar-refractivity contribution is 5.28. The third kappa shape index (κ3) is 3.85. The first kappa shape index (κ1) is 14.6. The number of methoxy groups -OCH3 is 1. The number of nitrogens with one attached hydrogen (secondary N) is 1. The van der Waals surface area contributed by atoms with Crippen molar-refractivity contribution in [1.82, 2.24) is 10.2 Å². The number of benzene rings is 1. The summed E-state index contributed by atoms with van der Waals surface area (Å²) in [6, 6.07) is 10.2. The Balaban J connectivity index is 1.97. The lowest BCUT2D eigenvalue weighted by atomic mass is 10.2. The fourth-order valence-corrected chi connectivity index (χ4v) is 2.24. The van der Waals surface area contributed by atoms with Gasteiger partial charge in [0.05, 0.1) is 19.9 Å². The van der Waals surface area contributed by atoms with E-state index in [4.69, 9.17) is 9.15 Å². The molecular weight excluding hydrogens is 252 g/mol. The largest absolute Gasteiger partial charge is 0.497 e. The maximum absolute atomic E-state index is 5.56. The first-order valence-corrected chi connectivity index (χ1v) is 6.74.